The van der Waals surface area contributed by atoms with Crippen molar-refractivity contribution in [3.05, 3.63) is 29.8 Å². The van der Waals surface area contributed by atoms with Crippen LogP contribution in [0.25, 0.3) is 0 Å². The normalized spacial score (nSPS) is 27.6. The predicted octanol–water partition coefficient (Wildman–Crippen LogP) is 2.97. The molecule has 0 spiro atoms. The number of hydrogen-bond acceptors (Lipinski definition) is 3. The van der Waals surface area contributed by atoms with Crippen LogP contribution in [0, 0.1) is 12.8 Å². The van der Waals surface area contributed by atoms with Crippen LogP contribution >= 0.6 is 11.8 Å². The Bertz CT molecular complexity index is 396. The first-order chi connectivity index (χ1) is 8.65. The second kappa shape index (κ2) is 6.09. The molecule has 3 heteroatoms. The summed E-state index contributed by atoms with van der Waals surface area (Å²) in [6, 6.07) is 8.47. The summed E-state index contributed by atoms with van der Waals surface area (Å²) >= 11 is 1.89. The van der Waals surface area contributed by atoms with Gasteiger partial charge in [-0.2, -0.15) is 0 Å². The lowest BCUT2D eigenvalue weighted by atomic mass is 9.89. The third kappa shape index (κ3) is 3.08. The van der Waals surface area contributed by atoms with Crippen molar-refractivity contribution in [2.45, 2.75) is 43.1 Å². The second-order valence-electron chi connectivity index (χ2n) is 5.30. The van der Waals surface area contributed by atoms with Gasteiger partial charge in [-0.25, -0.2) is 0 Å². The molecule has 18 heavy (non-hydrogen) atoms. The van der Waals surface area contributed by atoms with Gasteiger partial charge in [0.2, 0.25) is 0 Å². The van der Waals surface area contributed by atoms with E-state index in [4.69, 9.17) is 5.73 Å². The predicted molar refractivity (Wildman–Crippen MR) is 77.9 cm³/mol. The Hall–Kier alpha value is -0.510. The molecule has 1 aliphatic rings. The van der Waals surface area contributed by atoms with E-state index in [-0.39, 0.29) is 0 Å². The van der Waals surface area contributed by atoms with Crippen molar-refractivity contribution in [1.82, 2.24) is 0 Å². The molecule has 1 aromatic rings. The molecule has 100 valence electrons. The van der Waals surface area contributed by atoms with Crippen molar-refractivity contribution in [1.29, 1.82) is 0 Å². The van der Waals surface area contributed by atoms with Crippen LogP contribution < -0.4 is 5.73 Å². The van der Waals surface area contributed by atoms with Crippen LogP contribution in [0.15, 0.2) is 29.2 Å². The molecule has 0 aromatic heterocycles. The lowest BCUT2D eigenvalue weighted by molar-refractivity contribution is 0.0104. The van der Waals surface area contributed by atoms with E-state index in [1.165, 1.54) is 10.5 Å². The highest BCUT2D eigenvalue weighted by Gasteiger charge is 2.39. The SMILES string of the molecule is Cc1ccccc1SCCC1CCCC1(O)CN. The monoisotopic (exact) mass is 265 g/mol. The molecule has 0 bridgehead atoms. The Morgan fingerprint density at radius 2 is 2.22 bits per heavy atom. The number of aryl methyl sites for hydroxylation is 1. The minimum absolute atomic E-state index is 0.388. The number of hydrogen-bond donors (Lipinski definition) is 2. The number of nitrogens with two attached hydrogens (primary N) is 1. The highest BCUT2D eigenvalue weighted by molar-refractivity contribution is 7.99. The zero-order chi connectivity index (χ0) is 13.0. The average molecular weight is 265 g/mol. The molecule has 2 nitrogen and oxygen atoms in total. The minimum Gasteiger partial charge on any atom is -0.388 e. The van der Waals surface area contributed by atoms with Crippen LogP contribution in [0.2, 0.25) is 0 Å². The van der Waals surface area contributed by atoms with Gasteiger partial charge in [-0.1, -0.05) is 24.6 Å². The van der Waals surface area contributed by atoms with Gasteiger partial charge in [-0.15, -0.1) is 11.8 Å². The lowest BCUT2D eigenvalue weighted by Crippen LogP contribution is -2.41. The van der Waals surface area contributed by atoms with Crippen molar-refractivity contribution in [2.75, 3.05) is 12.3 Å². The summed E-state index contributed by atoms with van der Waals surface area (Å²) in [6.45, 7) is 2.56. The molecule has 3 N–H and O–H groups in total. The maximum Gasteiger partial charge on any atom is 0.0797 e. The molecule has 0 heterocycles. The Kier molecular flexibility index (Phi) is 4.71. The van der Waals surface area contributed by atoms with Crippen molar-refractivity contribution in [3.8, 4) is 0 Å². The molecule has 0 aliphatic heterocycles. The van der Waals surface area contributed by atoms with Gasteiger partial charge >= 0.3 is 0 Å². The molecule has 1 fully saturated rings. The van der Waals surface area contributed by atoms with Gasteiger partial charge in [0.05, 0.1) is 5.60 Å². The maximum atomic E-state index is 10.4. The van der Waals surface area contributed by atoms with Crippen molar-refractivity contribution in [2.24, 2.45) is 11.7 Å². The van der Waals surface area contributed by atoms with Gasteiger partial charge in [0.15, 0.2) is 0 Å². The third-order valence-electron chi connectivity index (χ3n) is 4.09. The standard InChI is InChI=1S/C15H23NOS/c1-12-5-2-3-7-14(12)18-10-8-13-6-4-9-15(13,17)11-16/h2-3,5,7,13,17H,4,6,8-11,16H2,1H3. The summed E-state index contributed by atoms with van der Waals surface area (Å²) < 4.78 is 0. The van der Waals surface area contributed by atoms with E-state index in [0.717, 1.165) is 31.4 Å². The summed E-state index contributed by atoms with van der Waals surface area (Å²) in [5.74, 6) is 1.46. The van der Waals surface area contributed by atoms with Gasteiger partial charge < -0.3 is 10.8 Å². The van der Waals surface area contributed by atoms with E-state index in [0.29, 0.717) is 12.5 Å². The van der Waals surface area contributed by atoms with Crippen LogP contribution in [-0.4, -0.2) is 23.0 Å². The highest BCUT2D eigenvalue weighted by Crippen LogP contribution is 2.38. The van der Waals surface area contributed by atoms with E-state index >= 15 is 0 Å². The lowest BCUT2D eigenvalue weighted by Gasteiger charge is -2.28. The summed E-state index contributed by atoms with van der Waals surface area (Å²) in [4.78, 5) is 1.35. The van der Waals surface area contributed by atoms with Crippen LogP contribution in [0.3, 0.4) is 0 Å². The number of benzene rings is 1. The van der Waals surface area contributed by atoms with Crippen LogP contribution in [0.4, 0.5) is 0 Å². The topological polar surface area (TPSA) is 46.2 Å². The summed E-state index contributed by atoms with van der Waals surface area (Å²) in [7, 11) is 0. The van der Waals surface area contributed by atoms with Gasteiger partial charge in [0.1, 0.15) is 0 Å². The van der Waals surface area contributed by atoms with Gasteiger partial charge in [-0.05, 0) is 49.5 Å². The van der Waals surface area contributed by atoms with Crippen LogP contribution in [0.1, 0.15) is 31.2 Å². The molecule has 0 radical (unpaired) electrons. The van der Waals surface area contributed by atoms with Crippen molar-refractivity contribution < 1.29 is 5.11 Å². The zero-order valence-electron chi connectivity index (χ0n) is 11.1. The second-order valence-corrected chi connectivity index (χ2v) is 6.44. The minimum atomic E-state index is -0.591. The average Bonchev–Trinajstić information content (AvgIpc) is 2.74. The fourth-order valence-electron chi connectivity index (χ4n) is 2.84. The Morgan fingerprint density at radius 3 is 2.94 bits per heavy atom. The van der Waals surface area contributed by atoms with Crippen molar-refractivity contribution in [3.63, 3.8) is 0 Å². The number of rotatable bonds is 5. The molecule has 1 saturated carbocycles. The summed E-state index contributed by atoms with van der Waals surface area (Å²) in [5.41, 5.74) is 6.45. The van der Waals surface area contributed by atoms with E-state index in [2.05, 4.69) is 31.2 Å². The molecule has 2 unspecified atom stereocenters. The number of aliphatic hydroxyl groups is 1. The fraction of sp³-hybridized carbons (Fsp3) is 0.600. The first kappa shape index (κ1) is 13.9. The first-order valence-electron chi connectivity index (χ1n) is 6.76. The molecule has 0 saturated heterocycles. The first-order valence-corrected chi connectivity index (χ1v) is 7.75. The van der Waals surface area contributed by atoms with Crippen LogP contribution in [-0.2, 0) is 0 Å². The Balaban J connectivity index is 1.84. The quantitative estimate of drug-likeness (QED) is 0.805. The van der Waals surface area contributed by atoms with E-state index in [1.807, 2.05) is 11.8 Å². The third-order valence-corrected chi connectivity index (χ3v) is 5.30. The molecule has 1 aliphatic carbocycles. The fourth-order valence-corrected chi connectivity index (χ4v) is 3.93. The maximum absolute atomic E-state index is 10.4. The molecule has 2 rings (SSSR count). The van der Waals surface area contributed by atoms with E-state index in [9.17, 15) is 5.11 Å². The van der Waals surface area contributed by atoms with Crippen LogP contribution in [0.5, 0.6) is 0 Å². The zero-order valence-corrected chi connectivity index (χ0v) is 11.9. The van der Waals surface area contributed by atoms with Gasteiger partial charge in [0.25, 0.3) is 0 Å². The molecule has 2 atom stereocenters. The van der Waals surface area contributed by atoms with E-state index < -0.39 is 5.60 Å². The van der Waals surface area contributed by atoms with Gasteiger partial charge in [-0.3, -0.25) is 0 Å². The molecular formula is C15H23NOS. The Morgan fingerprint density at radius 1 is 1.44 bits per heavy atom. The van der Waals surface area contributed by atoms with Gasteiger partial charge in [0, 0.05) is 11.4 Å². The molecule has 1 aromatic carbocycles. The number of thioether (sulfide) groups is 1. The summed E-state index contributed by atoms with van der Waals surface area (Å²) in [5, 5.41) is 10.4. The smallest absolute Gasteiger partial charge is 0.0797 e. The molecule has 0 amide bonds. The van der Waals surface area contributed by atoms with E-state index in [1.54, 1.807) is 0 Å². The molecular weight excluding hydrogens is 242 g/mol. The Labute approximate surface area is 114 Å². The summed E-state index contributed by atoms with van der Waals surface area (Å²) in [6.07, 6.45) is 4.19. The van der Waals surface area contributed by atoms with Crippen molar-refractivity contribution >= 4 is 11.8 Å². The largest absolute Gasteiger partial charge is 0.388 e. The highest BCUT2D eigenvalue weighted by atomic mass is 32.2.